The van der Waals surface area contributed by atoms with Gasteiger partial charge in [-0.15, -0.1) is 0 Å². The third kappa shape index (κ3) is 2.96. The second-order valence-corrected chi connectivity index (χ2v) is 5.24. The van der Waals surface area contributed by atoms with Gasteiger partial charge in [-0.3, -0.25) is 9.59 Å². The lowest BCUT2D eigenvalue weighted by atomic mass is 10.00. The second kappa shape index (κ2) is 6.32. The number of carboxylic acid groups (broad SMARTS) is 1. The molecule has 2 atom stereocenters. The summed E-state index contributed by atoms with van der Waals surface area (Å²) in [7, 11) is 0. The topological polar surface area (TPSA) is 92.9 Å². The van der Waals surface area contributed by atoms with E-state index in [1.165, 1.54) is 0 Å². The van der Waals surface area contributed by atoms with Crippen LogP contribution in [-0.2, 0) is 9.53 Å². The van der Waals surface area contributed by atoms with Crippen molar-refractivity contribution in [3.05, 3.63) is 28.8 Å². The van der Waals surface area contributed by atoms with Crippen LogP contribution in [0.4, 0.5) is 5.69 Å². The van der Waals surface area contributed by atoms with E-state index in [0.717, 1.165) is 0 Å². The maximum absolute atomic E-state index is 11.7. The Balaban J connectivity index is 2.45. The molecular formula is C14H17ClN2O4. The Morgan fingerprint density at radius 1 is 1.48 bits per heavy atom. The number of halogens is 1. The number of carbonyl (C=O) groups excluding carboxylic acids is 1. The summed E-state index contributed by atoms with van der Waals surface area (Å²) in [5.41, 5.74) is 6.15. The third-order valence-electron chi connectivity index (χ3n) is 3.66. The number of amides is 1. The maximum Gasteiger partial charge on any atom is 0.311 e. The summed E-state index contributed by atoms with van der Waals surface area (Å²) in [6.45, 7) is 2.83. The molecule has 2 unspecified atom stereocenters. The molecular weight excluding hydrogens is 296 g/mol. The zero-order valence-electron chi connectivity index (χ0n) is 11.6. The number of aliphatic carboxylic acids is 1. The molecule has 0 bridgehead atoms. The van der Waals surface area contributed by atoms with E-state index in [1.54, 1.807) is 18.2 Å². The molecule has 1 saturated heterocycles. The van der Waals surface area contributed by atoms with Gasteiger partial charge in [0.15, 0.2) is 0 Å². The molecule has 114 valence electrons. The first kappa shape index (κ1) is 15.6. The lowest BCUT2D eigenvalue weighted by Gasteiger charge is -2.32. The van der Waals surface area contributed by atoms with Crippen LogP contribution < -0.4 is 10.6 Å². The van der Waals surface area contributed by atoms with Gasteiger partial charge in [0.05, 0.1) is 35.5 Å². The Bertz CT molecular complexity index is 564. The maximum atomic E-state index is 11.7. The van der Waals surface area contributed by atoms with Gasteiger partial charge in [0, 0.05) is 6.54 Å². The number of ether oxygens (including phenoxy) is 1. The summed E-state index contributed by atoms with van der Waals surface area (Å²) in [5, 5.41) is 9.54. The molecule has 7 heteroatoms. The Kier molecular flexibility index (Phi) is 4.69. The summed E-state index contributed by atoms with van der Waals surface area (Å²) in [6, 6.07) is 4.65. The van der Waals surface area contributed by atoms with E-state index in [-0.39, 0.29) is 29.8 Å². The minimum atomic E-state index is -0.918. The van der Waals surface area contributed by atoms with Crippen LogP contribution in [-0.4, -0.2) is 42.8 Å². The first-order chi connectivity index (χ1) is 9.97. The van der Waals surface area contributed by atoms with Gasteiger partial charge in [-0.05, 0) is 19.1 Å². The van der Waals surface area contributed by atoms with Crippen LogP contribution in [0.25, 0.3) is 0 Å². The molecule has 0 saturated carbocycles. The van der Waals surface area contributed by atoms with Crippen molar-refractivity contribution in [3.63, 3.8) is 0 Å². The van der Waals surface area contributed by atoms with E-state index < -0.39 is 17.8 Å². The largest absolute Gasteiger partial charge is 0.481 e. The number of primary amides is 1. The van der Waals surface area contributed by atoms with Crippen LogP contribution in [0.2, 0.25) is 5.02 Å². The molecule has 0 aliphatic carbocycles. The summed E-state index contributed by atoms with van der Waals surface area (Å²) < 4.78 is 5.29. The number of carbonyl (C=O) groups is 2. The van der Waals surface area contributed by atoms with Crippen molar-refractivity contribution in [3.8, 4) is 0 Å². The number of nitrogens with zero attached hydrogens (tertiary/aromatic N) is 1. The van der Waals surface area contributed by atoms with Crippen molar-refractivity contribution in [1.29, 1.82) is 0 Å². The Morgan fingerprint density at radius 2 is 2.19 bits per heavy atom. The number of hydrogen-bond donors (Lipinski definition) is 2. The zero-order valence-corrected chi connectivity index (χ0v) is 12.3. The fourth-order valence-electron chi connectivity index (χ4n) is 2.67. The van der Waals surface area contributed by atoms with E-state index in [1.807, 2.05) is 11.8 Å². The van der Waals surface area contributed by atoms with E-state index >= 15 is 0 Å². The van der Waals surface area contributed by atoms with Crippen LogP contribution >= 0.6 is 11.6 Å². The van der Waals surface area contributed by atoms with E-state index in [9.17, 15) is 14.7 Å². The molecule has 21 heavy (non-hydrogen) atoms. The molecule has 0 aromatic heterocycles. The highest BCUT2D eigenvalue weighted by Crippen LogP contribution is 2.32. The zero-order chi connectivity index (χ0) is 15.6. The van der Waals surface area contributed by atoms with Crippen molar-refractivity contribution >= 4 is 29.2 Å². The van der Waals surface area contributed by atoms with Gasteiger partial charge in [-0.25, -0.2) is 0 Å². The number of nitrogens with two attached hydrogens (primary N) is 1. The summed E-state index contributed by atoms with van der Waals surface area (Å²) in [5.74, 6) is -2.21. The first-order valence-electron chi connectivity index (χ1n) is 6.62. The average Bonchev–Trinajstić information content (AvgIpc) is 2.88. The lowest BCUT2D eigenvalue weighted by Crippen LogP contribution is -2.44. The number of benzene rings is 1. The van der Waals surface area contributed by atoms with Gasteiger partial charge < -0.3 is 20.5 Å². The van der Waals surface area contributed by atoms with Gasteiger partial charge in [-0.1, -0.05) is 17.7 Å². The highest BCUT2D eigenvalue weighted by Gasteiger charge is 2.38. The fourth-order valence-corrected chi connectivity index (χ4v) is 2.93. The summed E-state index contributed by atoms with van der Waals surface area (Å²) >= 11 is 6.06. The molecule has 1 fully saturated rings. The number of likely N-dealkylation sites (N-methyl/N-ethyl adjacent to an activating group) is 1. The number of rotatable bonds is 5. The number of anilines is 1. The SMILES string of the molecule is CCN(c1cccc(Cl)c1C(N)=O)C1COCC1C(=O)O. The Morgan fingerprint density at radius 3 is 2.76 bits per heavy atom. The van der Waals surface area contributed by atoms with Crippen LogP contribution in [0.1, 0.15) is 17.3 Å². The van der Waals surface area contributed by atoms with Crippen LogP contribution in [0.5, 0.6) is 0 Å². The summed E-state index contributed by atoms with van der Waals surface area (Å²) in [6.07, 6.45) is 0. The van der Waals surface area contributed by atoms with Crippen LogP contribution in [0, 0.1) is 5.92 Å². The summed E-state index contributed by atoms with van der Waals surface area (Å²) in [4.78, 5) is 24.8. The molecule has 6 nitrogen and oxygen atoms in total. The molecule has 1 aromatic carbocycles. The van der Waals surface area contributed by atoms with Crippen molar-refractivity contribution in [2.24, 2.45) is 11.7 Å². The van der Waals surface area contributed by atoms with E-state index in [2.05, 4.69) is 0 Å². The normalized spacial score (nSPS) is 21.2. The lowest BCUT2D eigenvalue weighted by molar-refractivity contribution is -0.141. The Labute approximate surface area is 127 Å². The minimum absolute atomic E-state index is 0.156. The van der Waals surface area contributed by atoms with Crippen molar-refractivity contribution in [2.75, 3.05) is 24.7 Å². The van der Waals surface area contributed by atoms with Crippen LogP contribution in [0.3, 0.4) is 0 Å². The van der Waals surface area contributed by atoms with Crippen molar-refractivity contribution in [2.45, 2.75) is 13.0 Å². The van der Waals surface area contributed by atoms with E-state index in [4.69, 9.17) is 22.1 Å². The predicted octanol–water partition coefficient (Wildman–Crippen LogP) is 1.36. The fraction of sp³-hybridized carbons (Fsp3) is 0.429. The van der Waals surface area contributed by atoms with Gasteiger partial charge in [-0.2, -0.15) is 0 Å². The smallest absolute Gasteiger partial charge is 0.311 e. The molecule has 1 amide bonds. The second-order valence-electron chi connectivity index (χ2n) is 4.83. The monoisotopic (exact) mass is 312 g/mol. The van der Waals surface area contributed by atoms with Crippen molar-refractivity contribution < 1.29 is 19.4 Å². The molecule has 1 aliphatic rings. The Hall–Kier alpha value is -1.79. The predicted molar refractivity (Wildman–Crippen MR) is 78.7 cm³/mol. The highest BCUT2D eigenvalue weighted by molar-refractivity contribution is 6.34. The number of carboxylic acids is 1. The molecule has 0 radical (unpaired) electrons. The molecule has 1 aromatic rings. The first-order valence-corrected chi connectivity index (χ1v) is 7.00. The van der Waals surface area contributed by atoms with Gasteiger partial charge in [0.25, 0.3) is 5.91 Å². The van der Waals surface area contributed by atoms with Gasteiger partial charge >= 0.3 is 5.97 Å². The molecule has 1 aliphatic heterocycles. The van der Waals surface area contributed by atoms with E-state index in [0.29, 0.717) is 12.2 Å². The van der Waals surface area contributed by atoms with Crippen LogP contribution in [0.15, 0.2) is 18.2 Å². The minimum Gasteiger partial charge on any atom is -0.481 e. The number of hydrogen-bond acceptors (Lipinski definition) is 4. The molecule has 1 heterocycles. The quantitative estimate of drug-likeness (QED) is 0.856. The van der Waals surface area contributed by atoms with Crippen molar-refractivity contribution in [1.82, 2.24) is 0 Å². The standard InChI is InChI=1S/C14H17ClN2O4/c1-2-17(11-7-21-6-8(11)14(19)20)10-5-3-4-9(15)12(10)13(16)18/h3-5,8,11H,2,6-7H2,1H3,(H2,16,18)(H,19,20). The molecule has 0 spiro atoms. The average molecular weight is 313 g/mol. The van der Waals surface area contributed by atoms with Gasteiger partial charge in [0.2, 0.25) is 0 Å². The third-order valence-corrected chi connectivity index (χ3v) is 3.97. The molecule has 3 N–H and O–H groups in total. The van der Waals surface area contributed by atoms with Gasteiger partial charge in [0.1, 0.15) is 5.92 Å². The highest BCUT2D eigenvalue weighted by atomic mass is 35.5. The molecule has 2 rings (SSSR count).